The van der Waals surface area contributed by atoms with Crippen molar-refractivity contribution in [2.75, 3.05) is 18.6 Å². The summed E-state index contributed by atoms with van der Waals surface area (Å²) in [4.78, 5) is 15.0. The van der Waals surface area contributed by atoms with Gasteiger partial charge in [0.1, 0.15) is 0 Å². The van der Waals surface area contributed by atoms with Gasteiger partial charge in [-0.25, -0.2) is 0 Å². The highest BCUT2D eigenvalue weighted by atomic mass is 79.9. The Morgan fingerprint density at radius 1 is 1.23 bits per heavy atom. The Balaban J connectivity index is 1.97. The Labute approximate surface area is 170 Å². The molecule has 1 saturated heterocycles. The third-order valence-electron chi connectivity index (χ3n) is 3.68. The van der Waals surface area contributed by atoms with E-state index >= 15 is 0 Å². The molecule has 0 aliphatic carbocycles. The molecular formula is C19H16BrNO3S2. The molecule has 0 radical (unpaired) electrons. The van der Waals surface area contributed by atoms with Crippen LogP contribution in [0.1, 0.15) is 12.5 Å². The third kappa shape index (κ3) is 3.79. The van der Waals surface area contributed by atoms with Crippen molar-refractivity contribution in [2.24, 2.45) is 0 Å². The Hall–Kier alpha value is -1.83. The second-order valence-electron chi connectivity index (χ2n) is 5.31. The highest BCUT2D eigenvalue weighted by molar-refractivity contribution is 9.10. The molecule has 0 spiro atoms. The van der Waals surface area contributed by atoms with E-state index in [1.54, 1.807) is 18.1 Å². The fourth-order valence-electron chi connectivity index (χ4n) is 2.53. The molecule has 7 heteroatoms. The molecule has 134 valence electrons. The first-order valence-electron chi connectivity index (χ1n) is 7.88. The van der Waals surface area contributed by atoms with Gasteiger partial charge in [0.15, 0.2) is 15.8 Å². The van der Waals surface area contributed by atoms with Gasteiger partial charge in [-0.05, 0) is 43.3 Å². The maximum atomic E-state index is 12.9. The van der Waals surface area contributed by atoms with Crippen LogP contribution in [-0.2, 0) is 4.79 Å². The Morgan fingerprint density at radius 2 is 1.96 bits per heavy atom. The van der Waals surface area contributed by atoms with E-state index in [1.807, 2.05) is 49.4 Å². The van der Waals surface area contributed by atoms with Crippen LogP contribution in [-0.4, -0.2) is 23.9 Å². The monoisotopic (exact) mass is 449 g/mol. The number of thioether (sulfide) groups is 1. The number of nitrogens with zero attached hydrogens (tertiary/aromatic N) is 1. The van der Waals surface area contributed by atoms with Crippen LogP contribution in [0.4, 0.5) is 5.69 Å². The van der Waals surface area contributed by atoms with Crippen LogP contribution in [0.3, 0.4) is 0 Å². The third-order valence-corrected chi connectivity index (χ3v) is 5.51. The van der Waals surface area contributed by atoms with E-state index in [9.17, 15) is 4.79 Å². The lowest BCUT2D eigenvalue weighted by atomic mass is 10.1. The minimum atomic E-state index is -0.146. The summed E-state index contributed by atoms with van der Waals surface area (Å²) in [5.41, 5.74) is 1.53. The SMILES string of the molecule is CCOc1c(/C=C2\SC(=S)N(c3ccc(Br)cc3)C2=O)cccc1OC. The zero-order chi connectivity index (χ0) is 18.7. The molecule has 1 amide bonds. The molecule has 0 N–H and O–H groups in total. The summed E-state index contributed by atoms with van der Waals surface area (Å²) in [6, 6.07) is 13.1. The molecule has 26 heavy (non-hydrogen) atoms. The number of rotatable bonds is 5. The van der Waals surface area contributed by atoms with Crippen LogP contribution in [0.5, 0.6) is 11.5 Å². The quantitative estimate of drug-likeness (QED) is 0.459. The van der Waals surface area contributed by atoms with Crippen molar-refractivity contribution in [3.05, 3.63) is 57.4 Å². The number of carbonyl (C=O) groups is 1. The zero-order valence-electron chi connectivity index (χ0n) is 14.2. The lowest BCUT2D eigenvalue weighted by Gasteiger charge is -2.14. The molecule has 1 fully saturated rings. The zero-order valence-corrected chi connectivity index (χ0v) is 17.4. The molecule has 2 aromatic rings. The smallest absolute Gasteiger partial charge is 0.270 e. The number of hydrogen-bond acceptors (Lipinski definition) is 5. The molecule has 1 aliphatic rings. The number of para-hydroxylation sites is 1. The standard InChI is InChI=1S/C19H16BrNO3S2/c1-3-24-17-12(5-4-6-15(17)23-2)11-16-18(22)21(19(25)26-16)14-9-7-13(20)8-10-14/h4-11H,3H2,1-2H3/b16-11-. The van der Waals surface area contributed by atoms with E-state index in [2.05, 4.69) is 15.9 Å². The first-order chi connectivity index (χ1) is 12.5. The predicted molar refractivity (Wildman–Crippen MR) is 114 cm³/mol. The van der Waals surface area contributed by atoms with Gasteiger partial charge >= 0.3 is 0 Å². The van der Waals surface area contributed by atoms with E-state index in [1.165, 1.54) is 11.8 Å². The number of thiocarbonyl (C=S) groups is 1. The van der Waals surface area contributed by atoms with Crippen molar-refractivity contribution in [1.29, 1.82) is 0 Å². The van der Waals surface area contributed by atoms with Crippen molar-refractivity contribution < 1.29 is 14.3 Å². The van der Waals surface area contributed by atoms with Crippen LogP contribution >= 0.6 is 39.9 Å². The predicted octanol–water partition coefficient (Wildman–Crippen LogP) is 5.26. The van der Waals surface area contributed by atoms with E-state index in [0.717, 1.165) is 15.7 Å². The topological polar surface area (TPSA) is 38.8 Å². The molecule has 0 bridgehead atoms. The molecule has 2 aromatic carbocycles. The lowest BCUT2D eigenvalue weighted by Crippen LogP contribution is -2.27. The van der Waals surface area contributed by atoms with Gasteiger partial charge in [0.2, 0.25) is 0 Å². The number of methoxy groups -OCH3 is 1. The maximum absolute atomic E-state index is 12.9. The molecule has 0 saturated carbocycles. The fourth-order valence-corrected chi connectivity index (χ4v) is 4.08. The molecule has 0 unspecified atom stereocenters. The number of amides is 1. The second-order valence-corrected chi connectivity index (χ2v) is 7.90. The largest absolute Gasteiger partial charge is 0.493 e. The number of ether oxygens (including phenoxy) is 2. The maximum Gasteiger partial charge on any atom is 0.270 e. The number of hydrogen-bond donors (Lipinski definition) is 0. The van der Waals surface area contributed by atoms with Crippen LogP contribution in [0.2, 0.25) is 0 Å². The summed E-state index contributed by atoms with van der Waals surface area (Å²) in [5, 5.41) is 0. The summed E-state index contributed by atoms with van der Waals surface area (Å²) in [7, 11) is 1.59. The lowest BCUT2D eigenvalue weighted by molar-refractivity contribution is -0.113. The number of carbonyl (C=O) groups excluding carboxylic acids is 1. The van der Waals surface area contributed by atoms with Crippen molar-refractivity contribution in [3.8, 4) is 11.5 Å². The first-order valence-corrected chi connectivity index (χ1v) is 9.90. The Bertz CT molecular complexity index is 881. The highest BCUT2D eigenvalue weighted by Crippen LogP contribution is 2.39. The van der Waals surface area contributed by atoms with Crippen LogP contribution in [0, 0.1) is 0 Å². The van der Waals surface area contributed by atoms with E-state index in [-0.39, 0.29) is 5.91 Å². The Kier molecular flexibility index (Phi) is 6.01. The van der Waals surface area contributed by atoms with E-state index in [0.29, 0.717) is 27.3 Å². The summed E-state index contributed by atoms with van der Waals surface area (Å²) in [6.07, 6.45) is 1.80. The van der Waals surface area contributed by atoms with Gasteiger partial charge in [-0.3, -0.25) is 9.69 Å². The number of halogens is 1. The van der Waals surface area contributed by atoms with E-state index < -0.39 is 0 Å². The molecule has 1 aliphatic heterocycles. The average Bonchev–Trinajstić information content (AvgIpc) is 2.91. The number of anilines is 1. The minimum Gasteiger partial charge on any atom is -0.493 e. The van der Waals surface area contributed by atoms with Gasteiger partial charge in [-0.15, -0.1) is 0 Å². The van der Waals surface area contributed by atoms with E-state index in [4.69, 9.17) is 21.7 Å². The molecule has 0 aromatic heterocycles. The summed E-state index contributed by atoms with van der Waals surface area (Å²) >= 11 is 10.1. The van der Waals surface area contributed by atoms with Gasteiger partial charge in [0.05, 0.1) is 24.3 Å². The van der Waals surface area contributed by atoms with Gasteiger partial charge in [0.25, 0.3) is 5.91 Å². The van der Waals surface area contributed by atoms with Crippen LogP contribution in [0.25, 0.3) is 6.08 Å². The van der Waals surface area contributed by atoms with Crippen molar-refractivity contribution in [2.45, 2.75) is 6.92 Å². The molecule has 4 nitrogen and oxygen atoms in total. The summed E-state index contributed by atoms with van der Waals surface area (Å²) < 4.78 is 12.5. The first kappa shape index (κ1) is 18.9. The van der Waals surface area contributed by atoms with Gasteiger partial charge < -0.3 is 9.47 Å². The minimum absolute atomic E-state index is 0.146. The second kappa shape index (κ2) is 8.24. The van der Waals surface area contributed by atoms with Gasteiger partial charge in [-0.1, -0.05) is 52.0 Å². The normalized spacial score (nSPS) is 15.7. The molecular weight excluding hydrogens is 434 g/mol. The molecule has 1 heterocycles. The van der Waals surface area contributed by atoms with Crippen molar-refractivity contribution in [3.63, 3.8) is 0 Å². The number of benzene rings is 2. The van der Waals surface area contributed by atoms with Crippen LogP contribution in [0.15, 0.2) is 51.8 Å². The Morgan fingerprint density at radius 3 is 2.62 bits per heavy atom. The van der Waals surface area contributed by atoms with Crippen molar-refractivity contribution in [1.82, 2.24) is 0 Å². The fraction of sp³-hybridized carbons (Fsp3) is 0.158. The summed E-state index contributed by atoms with van der Waals surface area (Å²) in [5.74, 6) is 1.10. The van der Waals surface area contributed by atoms with Gasteiger partial charge in [-0.2, -0.15) is 0 Å². The summed E-state index contributed by atoms with van der Waals surface area (Å²) in [6.45, 7) is 2.41. The average molecular weight is 450 g/mol. The molecule has 3 rings (SSSR count). The highest BCUT2D eigenvalue weighted by Gasteiger charge is 2.33. The van der Waals surface area contributed by atoms with Gasteiger partial charge in [0, 0.05) is 10.0 Å². The van der Waals surface area contributed by atoms with Crippen molar-refractivity contribution >= 4 is 61.9 Å². The van der Waals surface area contributed by atoms with Crippen LogP contribution < -0.4 is 14.4 Å². The molecule has 0 atom stereocenters.